The number of rotatable bonds is 4. The predicted octanol–water partition coefficient (Wildman–Crippen LogP) is 2.27. The van der Waals surface area contributed by atoms with Gasteiger partial charge in [-0.2, -0.15) is 0 Å². The van der Waals surface area contributed by atoms with Gasteiger partial charge in [0, 0.05) is 62.9 Å². The van der Waals surface area contributed by atoms with Gasteiger partial charge >= 0.3 is 6.09 Å². The molecule has 2 N–H and O–H groups in total. The second-order valence-electron chi connectivity index (χ2n) is 8.04. The number of amides is 1. The Labute approximate surface area is 181 Å². The molecule has 1 fully saturated rings. The number of thiocarbonyl (C=S) groups is 1. The normalized spacial score (nSPS) is 14.8. The molecular weight excluding hydrogens is 402 g/mol. The van der Waals surface area contributed by atoms with Crippen LogP contribution in [-0.2, 0) is 6.54 Å². The number of ether oxygens (including phenoxy) is 1. The molecule has 1 amide bonds. The van der Waals surface area contributed by atoms with Gasteiger partial charge in [0.15, 0.2) is 5.11 Å². The first-order valence-electron chi connectivity index (χ1n) is 9.78. The number of piperazine rings is 1. The number of aromatic nitrogens is 3. The van der Waals surface area contributed by atoms with Crippen LogP contribution in [0, 0.1) is 0 Å². The van der Waals surface area contributed by atoms with Crippen molar-refractivity contribution < 1.29 is 9.53 Å². The lowest BCUT2D eigenvalue weighted by Gasteiger charge is -2.33. The highest BCUT2D eigenvalue weighted by Gasteiger charge is 2.23. The van der Waals surface area contributed by atoms with E-state index in [1.807, 2.05) is 20.8 Å². The molecule has 1 aliphatic rings. The first-order chi connectivity index (χ1) is 14.3. The summed E-state index contributed by atoms with van der Waals surface area (Å²) in [6, 6.07) is 3.41. The fraction of sp³-hybridized carbons (Fsp3) is 0.450. The van der Waals surface area contributed by atoms with Gasteiger partial charge in [-0.05, 0) is 39.1 Å². The zero-order valence-corrected chi connectivity index (χ0v) is 18.3. The zero-order valence-electron chi connectivity index (χ0n) is 17.5. The summed E-state index contributed by atoms with van der Waals surface area (Å²) in [6.07, 6.45) is 6.29. The first kappa shape index (κ1) is 21.8. The molecule has 2 aromatic heterocycles. The summed E-state index contributed by atoms with van der Waals surface area (Å²) in [7, 11) is 0. The van der Waals surface area contributed by atoms with Crippen molar-refractivity contribution in [1.29, 1.82) is 0 Å². The molecule has 1 saturated heterocycles. The molecule has 0 radical (unpaired) electrons. The van der Waals surface area contributed by atoms with E-state index in [1.165, 1.54) is 0 Å². The van der Waals surface area contributed by atoms with E-state index in [9.17, 15) is 4.79 Å². The highest BCUT2D eigenvalue weighted by molar-refractivity contribution is 7.80. The van der Waals surface area contributed by atoms with Gasteiger partial charge in [-0.1, -0.05) is 0 Å². The Bertz CT molecular complexity index is 848. The maximum Gasteiger partial charge on any atom is 0.416 e. The number of nitrogens with one attached hydrogen (secondary N) is 2. The van der Waals surface area contributed by atoms with Gasteiger partial charge in [0.1, 0.15) is 0 Å². The molecule has 10 heteroatoms. The molecule has 0 atom stereocenters. The predicted molar refractivity (Wildman–Crippen MR) is 118 cm³/mol. The lowest BCUT2D eigenvalue weighted by Crippen LogP contribution is -2.49. The van der Waals surface area contributed by atoms with Crippen LogP contribution >= 0.6 is 12.2 Å². The monoisotopic (exact) mass is 429 g/mol. The summed E-state index contributed by atoms with van der Waals surface area (Å²) < 4.78 is 5.41. The Hall–Kier alpha value is -2.85. The number of pyridine rings is 1. The highest BCUT2D eigenvalue weighted by atomic mass is 32.1. The third-order valence-corrected chi connectivity index (χ3v) is 4.51. The van der Waals surface area contributed by atoms with Gasteiger partial charge in [-0.25, -0.2) is 9.78 Å². The van der Waals surface area contributed by atoms with Gasteiger partial charge in [-0.3, -0.25) is 14.9 Å². The minimum absolute atomic E-state index is 0.133. The molecule has 3 heterocycles. The molecule has 0 unspecified atom stereocenters. The maximum atomic E-state index is 12.4. The summed E-state index contributed by atoms with van der Waals surface area (Å²) in [5.74, 6) is 0.252. The largest absolute Gasteiger partial charge is 0.416 e. The molecule has 1 aliphatic heterocycles. The molecule has 3 rings (SSSR count). The summed E-state index contributed by atoms with van der Waals surface area (Å²) in [4.78, 5) is 28.9. The number of hydrogen-bond donors (Lipinski definition) is 2. The Balaban J connectivity index is 1.44. The molecule has 0 aliphatic carbocycles. The van der Waals surface area contributed by atoms with E-state index in [1.54, 1.807) is 41.8 Å². The average molecular weight is 430 g/mol. The fourth-order valence-electron chi connectivity index (χ4n) is 2.90. The number of carbonyl (C=O) groups is 1. The Kier molecular flexibility index (Phi) is 7.11. The van der Waals surface area contributed by atoms with Crippen molar-refractivity contribution in [3.8, 4) is 5.88 Å². The van der Waals surface area contributed by atoms with Crippen LogP contribution in [0.3, 0.4) is 0 Å². The number of anilines is 1. The van der Waals surface area contributed by atoms with Crippen LogP contribution in [0.15, 0.2) is 36.9 Å². The van der Waals surface area contributed by atoms with Gasteiger partial charge in [-0.15, -0.1) is 0 Å². The van der Waals surface area contributed by atoms with Crippen molar-refractivity contribution >= 4 is 29.1 Å². The molecule has 0 spiro atoms. The second kappa shape index (κ2) is 9.77. The molecule has 9 nitrogen and oxygen atoms in total. The van der Waals surface area contributed by atoms with E-state index < -0.39 is 6.09 Å². The van der Waals surface area contributed by atoms with Crippen LogP contribution in [0.25, 0.3) is 0 Å². The van der Waals surface area contributed by atoms with Crippen LogP contribution in [0.5, 0.6) is 5.88 Å². The smallest absolute Gasteiger partial charge is 0.391 e. The molecule has 0 aromatic carbocycles. The Morgan fingerprint density at radius 1 is 1.13 bits per heavy atom. The van der Waals surface area contributed by atoms with E-state index >= 15 is 0 Å². The Morgan fingerprint density at radius 3 is 2.50 bits per heavy atom. The molecule has 0 bridgehead atoms. The van der Waals surface area contributed by atoms with Gasteiger partial charge in [0.25, 0.3) is 0 Å². The van der Waals surface area contributed by atoms with E-state index in [0.29, 0.717) is 23.9 Å². The van der Waals surface area contributed by atoms with Crippen LogP contribution in [0.4, 0.5) is 10.5 Å². The second-order valence-corrected chi connectivity index (χ2v) is 8.45. The van der Waals surface area contributed by atoms with Crippen LogP contribution in [-0.4, -0.2) is 67.7 Å². The minimum Gasteiger partial charge on any atom is -0.391 e. The summed E-state index contributed by atoms with van der Waals surface area (Å²) in [6.45, 7) is 9.47. The number of hydrogen-bond acceptors (Lipinski definition) is 7. The van der Waals surface area contributed by atoms with E-state index in [4.69, 9.17) is 17.0 Å². The minimum atomic E-state index is -0.396. The van der Waals surface area contributed by atoms with Crippen molar-refractivity contribution in [3.63, 3.8) is 0 Å². The van der Waals surface area contributed by atoms with Crippen molar-refractivity contribution in [2.24, 2.45) is 0 Å². The maximum absolute atomic E-state index is 12.4. The van der Waals surface area contributed by atoms with E-state index in [2.05, 4.69) is 30.5 Å². The molecule has 30 heavy (non-hydrogen) atoms. The van der Waals surface area contributed by atoms with Crippen LogP contribution in [0.2, 0.25) is 0 Å². The van der Waals surface area contributed by atoms with Crippen molar-refractivity contribution in [1.82, 2.24) is 30.1 Å². The standard InChI is InChI=1S/C20H27N7O2S/c1-20(2,3)25-18(30)24-15-4-5-17(23-13-15)29-19(28)27-10-8-26(9-11-27)14-16-12-21-6-7-22-16/h4-7,12-13H,8-11,14H2,1-3H3,(H2,24,25,30). The molecular formula is C20H27N7O2S. The third kappa shape index (κ3) is 6.89. The van der Waals surface area contributed by atoms with Crippen LogP contribution < -0.4 is 15.4 Å². The average Bonchev–Trinajstić information content (AvgIpc) is 2.69. The zero-order chi connectivity index (χ0) is 21.6. The first-order valence-corrected chi connectivity index (χ1v) is 10.2. The van der Waals surface area contributed by atoms with Gasteiger partial charge < -0.3 is 20.3 Å². The lowest BCUT2D eigenvalue weighted by atomic mass is 10.1. The SMILES string of the molecule is CC(C)(C)NC(=S)Nc1ccc(OC(=O)N2CCN(Cc3cnccn3)CC2)nc1. The van der Waals surface area contributed by atoms with Crippen molar-refractivity contribution in [2.75, 3.05) is 31.5 Å². The summed E-state index contributed by atoms with van der Waals surface area (Å²) in [5.41, 5.74) is 1.50. The molecule has 2 aromatic rings. The van der Waals surface area contributed by atoms with Gasteiger partial charge in [0.05, 0.1) is 17.6 Å². The van der Waals surface area contributed by atoms with Crippen molar-refractivity contribution in [2.45, 2.75) is 32.9 Å². The van der Waals surface area contributed by atoms with E-state index in [0.717, 1.165) is 25.3 Å². The highest BCUT2D eigenvalue weighted by Crippen LogP contribution is 2.14. The summed E-state index contributed by atoms with van der Waals surface area (Å²) in [5, 5.41) is 6.73. The molecule has 160 valence electrons. The quantitative estimate of drug-likeness (QED) is 0.710. The van der Waals surface area contributed by atoms with Crippen LogP contribution in [0.1, 0.15) is 26.5 Å². The van der Waals surface area contributed by atoms with Gasteiger partial charge in [0.2, 0.25) is 5.88 Å². The number of nitrogens with zero attached hydrogens (tertiary/aromatic N) is 5. The third-order valence-electron chi connectivity index (χ3n) is 4.31. The van der Waals surface area contributed by atoms with Crippen molar-refractivity contribution in [3.05, 3.63) is 42.6 Å². The summed E-state index contributed by atoms with van der Waals surface area (Å²) >= 11 is 5.27. The van der Waals surface area contributed by atoms with E-state index in [-0.39, 0.29) is 11.4 Å². The molecule has 0 saturated carbocycles. The topological polar surface area (TPSA) is 95.5 Å². The fourth-order valence-corrected chi connectivity index (χ4v) is 3.32. The number of carbonyl (C=O) groups excluding carboxylic acids is 1. The Morgan fingerprint density at radius 2 is 1.90 bits per heavy atom. The lowest BCUT2D eigenvalue weighted by molar-refractivity contribution is 0.106.